The molecule has 1 aromatic rings. The molecule has 0 N–H and O–H groups in total. The molecule has 2 atom stereocenters. The first-order chi connectivity index (χ1) is 15.7. The second-order valence-electron chi connectivity index (χ2n) is 11.3. The highest BCUT2D eigenvalue weighted by Gasteiger charge is 2.44. The summed E-state index contributed by atoms with van der Waals surface area (Å²) in [6.07, 6.45) is 7.20. The Labute approximate surface area is 210 Å². The fraction of sp³-hybridized carbons (Fsp3) is 0.833. The van der Waals surface area contributed by atoms with E-state index in [4.69, 9.17) is 18.3 Å². The molecular weight excluding hydrogens is 473 g/mol. The number of phosphoric ester groups is 1. The van der Waals surface area contributed by atoms with E-state index in [-0.39, 0.29) is 0 Å². The highest BCUT2D eigenvalue weighted by Crippen LogP contribution is 2.57. The van der Waals surface area contributed by atoms with Crippen LogP contribution >= 0.6 is 19.6 Å². The first-order valence-electron chi connectivity index (χ1n) is 12.4. The van der Waals surface area contributed by atoms with Crippen molar-refractivity contribution in [2.24, 2.45) is 0 Å². The molecule has 0 amide bonds. The van der Waals surface area contributed by atoms with Crippen molar-refractivity contribution in [3.8, 4) is 5.88 Å². The number of hydrogen-bond acceptors (Lipinski definition) is 8. The van der Waals surface area contributed by atoms with Gasteiger partial charge in [0.25, 0.3) is 5.88 Å². The van der Waals surface area contributed by atoms with Gasteiger partial charge in [-0.1, -0.05) is 32.3 Å². The van der Waals surface area contributed by atoms with E-state index in [1.165, 1.54) is 24.6 Å². The molecule has 196 valence electrons. The standard InChI is InChI=1S/C24H45N3O5PS/c1-10-11-12-13-17-29-22-21(25-34-26-22)20-15-14-16-27(9,18-20)19(2)30-33(28,31-23(3,4)5)32-24(6,7)8/h15,19H,10-14,16-18H2,1-9H3/q+1. The quantitative estimate of drug-likeness (QED) is 0.170. The molecule has 0 aliphatic carbocycles. The zero-order valence-electron chi connectivity index (χ0n) is 22.5. The van der Waals surface area contributed by atoms with Gasteiger partial charge in [-0.15, -0.1) is 4.37 Å². The lowest BCUT2D eigenvalue weighted by Crippen LogP contribution is -2.54. The van der Waals surface area contributed by atoms with Crippen molar-refractivity contribution in [2.45, 2.75) is 105 Å². The normalized spacial score (nSPS) is 20.8. The number of ether oxygens (including phenoxy) is 1. The Hall–Kier alpha value is -0.830. The summed E-state index contributed by atoms with van der Waals surface area (Å²) in [6, 6.07) is 0. The van der Waals surface area contributed by atoms with Gasteiger partial charge in [-0.05, 0) is 48.0 Å². The number of aromatic nitrogens is 2. The lowest BCUT2D eigenvalue weighted by Gasteiger charge is -2.43. The first-order valence-corrected chi connectivity index (χ1v) is 14.5. The Morgan fingerprint density at radius 3 is 2.32 bits per heavy atom. The number of phosphoric acid groups is 1. The van der Waals surface area contributed by atoms with Gasteiger partial charge in [0.2, 0.25) is 6.23 Å². The second kappa shape index (κ2) is 11.9. The van der Waals surface area contributed by atoms with Gasteiger partial charge in [0.05, 0.1) is 43.1 Å². The molecule has 0 saturated heterocycles. The lowest BCUT2D eigenvalue weighted by atomic mass is 10.0. The fourth-order valence-electron chi connectivity index (χ4n) is 3.75. The maximum atomic E-state index is 13.7. The summed E-state index contributed by atoms with van der Waals surface area (Å²) in [7, 11) is -1.73. The van der Waals surface area contributed by atoms with Crippen LogP contribution in [-0.4, -0.2) is 57.4 Å². The van der Waals surface area contributed by atoms with Crippen molar-refractivity contribution >= 4 is 25.1 Å². The van der Waals surface area contributed by atoms with E-state index in [1.54, 1.807) is 0 Å². The minimum absolute atomic E-state index is 0.427. The lowest BCUT2D eigenvalue weighted by molar-refractivity contribution is -0.943. The maximum Gasteiger partial charge on any atom is 0.480 e. The zero-order chi connectivity index (χ0) is 25.6. The molecule has 2 rings (SSSR count). The molecular formula is C24H45N3O5PS+. The molecule has 1 aliphatic heterocycles. The minimum Gasteiger partial charge on any atom is -0.475 e. The van der Waals surface area contributed by atoms with Gasteiger partial charge in [-0.25, -0.2) is 9.09 Å². The predicted octanol–water partition coefficient (Wildman–Crippen LogP) is 6.83. The molecule has 0 saturated carbocycles. The van der Waals surface area contributed by atoms with Crippen molar-refractivity contribution in [3.05, 3.63) is 11.8 Å². The van der Waals surface area contributed by atoms with Gasteiger partial charge in [0.15, 0.2) is 0 Å². The highest BCUT2D eigenvalue weighted by molar-refractivity contribution is 7.48. The SMILES string of the molecule is CCCCCCOc1nsnc1C1=CCC[N+](C)(C(C)OP(=O)(OC(C)(C)C)OC(C)(C)C)C1. The van der Waals surface area contributed by atoms with Crippen molar-refractivity contribution in [2.75, 3.05) is 26.7 Å². The molecule has 1 aromatic heterocycles. The molecule has 8 nitrogen and oxygen atoms in total. The van der Waals surface area contributed by atoms with Gasteiger partial charge in [-0.2, -0.15) is 4.37 Å². The van der Waals surface area contributed by atoms with Crippen LogP contribution in [0.5, 0.6) is 5.88 Å². The van der Waals surface area contributed by atoms with Crippen LogP contribution in [0.15, 0.2) is 6.08 Å². The Balaban J connectivity index is 2.13. The first kappa shape index (κ1) is 29.4. The summed E-state index contributed by atoms with van der Waals surface area (Å²) in [6.45, 7) is 17.3. The van der Waals surface area contributed by atoms with Gasteiger partial charge in [0.1, 0.15) is 12.2 Å². The third kappa shape index (κ3) is 9.32. The molecule has 1 aliphatic rings. The Kier molecular flexibility index (Phi) is 10.3. The van der Waals surface area contributed by atoms with Crippen molar-refractivity contribution in [1.29, 1.82) is 0 Å². The van der Waals surface area contributed by atoms with Crippen molar-refractivity contribution < 1.29 is 27.4 Å². The van der Waals surface area contributed by atoms with E-state index >= 15 is 0 Å². The third-order valence-electron chi connectivity index (χ3n) is 5.49. The van der Waals surface area contributed by atoms with Crippen LogP contribution in [0.1, 0.15) is 93.2 Å². The van der Waals surface area contributed by atoms with Crippen LogP contribution in [-0.2, 0) is 18.1 Å². The van der Waals surface area contributed by atoms with E-state index < -0.39 is 25.3 Å². The van der Waals surface area contributed by atoms with E-state index in [0.29, 0.717) is 23.5 Å². The van der Waals surface area contributed by atoms with Gasteiger partial charge >= 0.3 is 7.82 Å². The Morgan fingerprint density at radius 2 is 1.74 bits per heavy atom. The molecule has 10 heteroatoms. The second-order valence-corrected chi connectivity index (χ2v) is 13.3. The summed E-state index contributed by atoms with van der Waals surface area (Å²) in [5, 5.41) is 0. The third-order valence-corrected chi connectivity index (χ3v) is 8.11. The van der Waals surface area contributed by atoms with Crippen LogP contribution in [0.4, 0.5) is 0 Å². The molecule has 0 bridgehead atoms. The maximum absolute atomic E-state index is 13.7. The molecule has 2 unspecified atom stereocenters. The molecule has 34 heavy (non-hydrogen) atoms. The largest absolute Gasteiger partial charge is 0.480 e. The molecule has 0 spiro atoms. The molecule has 0 fully saturated rings. The number of nitrogens with zero attached hydrogens (tertiary/aromatic N) is 3. The van der Waals surface area contributed by atoms with E-state index in [0.717, 1.165) is 37.1 Å². The number of rotatable bonds is 12. The van der Waals surface area contributed by atoms with Crippen LogP contribution in [0.3, 0.4) is 0 Å². The highest BCUT2D eigenvalue weighted by atomic mass is 32.1. The Bertz CT molecular complexity index is 842. The van der Waals surface area contributed by atoms with E-state index in [2.05, 4.69) is 28.8 Å². The van der Waals surface area contributed by atoms with Gasteiger partial charge < -0.3 is 4.74 Å². The summed E-state index contributed by atoms with van der Waals surface area (Å²) in [5.74, 6) is 0.604. The summed E-state index contributed by atoms with van der Waals surface area (Å²) in [5.41, 5.74) is 0.519. The monoisotopic (exact) mass is 518 g/mol. The number of unbranched alkanes of at least 4 members (excludes halogenated alkanes) is 3. The average molecular weight is 519 g/mol. The van der Waals surface area contributed by atoms with Crippen molar-refractivity contribution in [1.82, 2.24) is 8.75 Å². The van der Waals surface area contributed by atoms with Gasteiger partial charge in [0, 0.05) is 18.9 Å². The number of quaternary nitrogens is 1. The van der Waals surface area contributed by atoms with Crippen LogP contribution in [0, 0.1) is 0 Å². The van der Waals surface area contributed by atoms with Gasteiger partial charge in [-0.3, -0.25) is 13.5 Å². The van der Waals surface area contributed by atoms with E-state index in [9.17, 15) is 4.57 Å². The summed E-state index contributed by atoms with van der Waals surface area (Å²) >= 11 is 1.17. The molecule has 0 aromatic carbocycles. The Morgan fingerprint density at radius 1 is 1.09 bits per heavy atom. The number of likely N-dealkylation sites (N-methyl/N-ethyl adjacent to an activating group) is 1. The summed E-state index contributed by atoms with van der Waals surface area (Å²) in [4.78, 5) is 0. The van der Waals surface area contributed by atoms with Crippen molar-refractivity contribution in [3.63, 3.8) is 0 Å². The minimum atomic E-state index is -3.83. The number of hydrogen-bond donors (Lipinski definition) is 0. The zero-order valence-corrected chi connectivity index (χ0v) is 24.3. The topological polar surface area (TPSA) is 79.8 Å². The predicted molar refractivity (Wildman–Crippen MR) is 138 cm³/mol. The molecule has 0 radical (unpaired) electrons. The van der Waals surface area contributed by atoms with Crippen LogP contribution < -0.4 is 4.74 Å². The van der Waals surface area contributed by atoms with E-state index in [1.807, 2.05) is 48.5 Å². The summed E-state index contributed by atoms with van der Waals surface area (Å²) < 4.78 is 46.9. The fourth-order valence-corrected chi connectivity index (χ4v) is 6.35. The molecule has 2 heterocycles. The van der Waals surface area contributed by atoms with Crippen LogP contribution in [0.25, 0.3) is 5.57 Å². The average Bonchev–Trinajstić information content (AvgIpc) is 3.13. The smallest absolute Gasteiger partial charge is 0.475 e. The van der Waals surface area contributed by atoms with Crippen LogP contribution in [0.2, 0.25) is 0 Å².